The van der Waals surface area contributed by atoms with E-state index in [1.807, 2.05) is 0 Å². The lowest BCUT2D eigenvalue weighted by molar-refractivity contribution is -0.385. The molecule has 0 aromatic heterocycles. The number of piperidine rings is 1. The van der Waals surface area contributed by atoms with Crippen LogP contribution in [0.1, 0.15) is 36.0 Å². The van der Waals surface area contributed by atoms with Crippen LogP contribution in [0.4, 0.5) is 17.1 Å². The molecule has 4 heterocycles. The van der Waals surface area contributed by atoms with Crippen molar-refractivity contribution in [1.82, 2.24) is 9.80 Å². The molecule has 0 saturated carbocycles. The molecule has 0 aliphatic carbocycles. The number of carbonyl (C=O) groups is 3. The number of fused-ring (bicyclic) bond motifs is 4. The van der Waals surface area contributed by atoms with E-state index in [1.165, 1.54) is 48.6 Å². The molecular weight excluding hydrogens is 626 g/mol. The SMILES string of the molecule is O=C1/C(=C/c2cccc([N+](=O)[O-])c2)CN(C(=O)[C@H]2C[C@H]3CCCN3[C@]23C(=O)Nc2cc(Cl)ccc23)C/C1=C\c1cccc([N+](=O)[O-])c1. The predicted molar refractivity (Wildman–Crippen MR) is 173 cm³/mol. The zero-order chi connectivity index (χ0) is 33.0. The van der Waals surface area contributed by atoms with Gasteiger partial charge in [-0.05, 0) is 61.2 Å². The Bertz CT molecular complexity index is 1880. The lowest BCUT2D eigenvalue weighted by Gasteiger charge is -2.39. The van der Waals surface area contributed by atoms with Gasteiger partial charge in [-0.1, -0.05) is 41.9 Å². The topological polar surface area (TPSA) is 156 Å². The molecular formula is C34H28ClN5O7. The number of nitro benzene ring substituents is 2. The standard InChI is InChI=1S/C34H28ClN5O7/c35-24-9-10-28-30(16-24)36-33(43)34(28)29(17-25-8-3-11-38(25)34)32(42)37-18-22(12-20-4-1-6-26(14-20)39(44)45)31(41)23(19-37)13-21-5-2-7-27(15-21)40(46)47/h1-2,4-7,9-10,12-16,25,29H,3,8,11,17-19H2,(H,36,43)/b22-12+,23-13+/t25-,29-,34+/m1/s1. The Labute approximate surface area is 273 Å². The van der Waals surface area contributed by atoms with Gasteiger partial charge in [0, 0.05) is 70.8 Å². The van der Waals surface area contributed by atoms with Crippen molar-refractivity contribution in [3.05, 3.63) is 120 Å². The van der Waals surface area contributed by atoms with E-state index in [-0.39, 0.29) is 59.2 Å². The Morgan fingerprint density at radius 3 is 2.13 bits per heavy atom. The third-order valence-electron chi connectivity index (χ3n) is 9.59. The van der Waals surface area contributed by atoms with Crippen LogP contribution in [0.25, 0.3) is 12.2 Å². The first-order valence-electron chi connectivity index (χ1n) is 15.2. The normalized spacial score (nSPS) is 25.3. The Morgan fingerprint density at radius 2 is 1.53 bits per heavy atom. The van der Waals surface area contributed by atoms with E-state index in [9.17, 15) is 34.6 Å². The highest BCUT2D eigenvalue weighted by Crippen LogP contribution is 2.56. The van der Waals surface area contributed by atoms with Gasteiger partial charge in [-0.2, -0.15) is 0 Å². The van der Waals surface area contributed by atoms with Gasteiger partial charge in [-0.15, -0.1) is 0 Å². The van der Waals surface area contributed by atoms with Gasteiger partial charge in [-0.25, -0.2) is 0 Å². The molecule has 0 bridgehead atoms. The molecule has 7 rings (SSSR count). The number of nitrogens with zero attached hydrogens (tertiary/aromatic N) is 4. The first-order valence-corrected chi connectivity index (χ1v) is 15.6. The molecule has 12 nitrogen and oxygen atoms in total. The largest absolute Gasteiger partial charge is 0.333 e. The summed E-state index contributed by atoms with van der Waals surface area (Å²) in [5.41, 5.74) is 0.977. The Balaban J connectivity index is 1.31. The molecule has 13 heteroatoms. The minimum absolute atomic E-state index is 0.0162. The summed E-state index contributed by atoms with van der Waals surface area (Å²) >= 11 is 6.27. The fraction of sp³-hybridized carbons (Fsp3) is 0.265. The van der Waals surface area contributed by atoms with Gasteiger partial charge in [0.1, 0.15) is 5.54 Å². The summed E-state index contributed by atoms with van der Waals surface area (Å²) < 4.78 is 0. The van der Waals surface area contributed by atoms with E-state index in [0.29, 0.717) is 40.4 Å². The van der Waals surface area contributed by atoms with Crippen LogP contribution in [0.5, 0.6) is 0 Å². The molecule has 2 amide bonds. The second-order valence-corrected chi connectivity index (χ2v) is 12.7. The third-order valence-corrected chi connectivity index (χ3v) is 9.82. The fourth-order valence-corrected chi connectivity index (χ4v) is 7.84. The number of benzene rings is 3. The maximum Gasteiger partial charge on any atom is 0.270 e. The first kappa shape index (κ1) is 30.5. The molecule has 3 aromatic rings. The van der Waals surface area contributed by atoms with Crippen LogP contribution in [0.15, 0.2) is 77.9 Å². The summed E-state index contributed by atoms with van der Waals surface area (Å²) in [5.74, 6) is -1.74. The van der Waals surface area contributed by atoms with Crippen molar-refractivity contribution >= 4 is 58.4 Å². The van der Waals surface area contributed by atoms with Crippen LogP contribution >= 0.6 is 11.6 Å². The number of nitro groups is 2. The first-order chi connectivity index (χ1) is 22.6. The van der Waals surface area contributed by atoms with Crippen molar-refractivity contribution in [2.45, 2.75) is 30.8 Å². The van der Waals surface area contributed by atoms with Crippen molar-refractivity contribution < 1.29 is 24.2 Å². The minimum atomic E-state index is -1.24. The monoisotopic (exact) mass is 653 g/mol. The number of Topliss-reactive ketones (excluding diaryl/α,β-unsaturated/α-hetero) is 1. The maximum atomic E-state index is 14.8. The van der Waals surface area contributed by atoms with Gasteiger partial charge in [0.2, 0.25) is 11.8 Å². The van der Waals surface area contributed by atoms with Crippen LogP contribution in [-0.2, 0) is 19.9 Å². The second-order valence-electron chi connectivity index (χ2n) is 12.3. The molecule has 4 aliphatic rings. The number of likely N-dealkylation sites (tertiary alicyclic amines) is 1. The van der Waals surface area contributed by atoms with E-state index in [0.717, 1.165) is 12.8 Å². The fourth-order valence-electron chi connectivity index (χ4n) is 7.66. The molecule has 0 unspecified atom stereocenters. The molecule has 3 fully saturated rings. The second kappa shape index (κ2) is 11.6. The minimum Gasteiger partial charge on any atom is -0.333 e. The van der Waals surface area contributed by atoms with Crippen LogP contribution in [0.3, 0.4) is 0 Å². The van der Waals surface area contributed by atoms with Gasteiger partial charge in [0.25, 0.3) is 11.4 Å². The zero-order valence-electron chi connectivity index (χ0n) is 24.9. The average Bonchev–Trinajstić information content (AvgIpc) is 3.72. The number of hydrogen-bond acceptors (Lipinski definition) is 8. The number of non-ortho nitro benzene ring substituents is 2. The summed E-state index contributed by atoms with van der Waals surface area (Å²) in [4.78, 5) is 68.1. The Morgan fingerprint density at radius 1 is 0.915 bits per heavy atom. The number of halogens is 1. The number of amides is 2. The average molecular weight is 654 g/mol. The van der Waals surface area contributed by atoms with Crippen LogP contribution in [0, 0.1) is 26.1 Å². The smallest absolute Gasteiger partial charge is 0.270 e. The molecule has 3 atom stereocenters. The zero-order valence-corrected chi connectivity index (χ0v) is 25.7. The third kappa shape index (κ3) is 5.09. The van der Waals surface area contributed by atoms with Crippen molar-refractivity contribution in [1.29, 1.82) is 0 Å². The summed E-state index contributed by atoms with van der Waals surface area (Å²) in [7, 11) is 0. The van der Waals surface area contributed by atoms with Crippen LogP contribution in [0.2, 0.25) is 5.02 Å². The predicted octanol–water partition coefficient (Wildman–Crippen LogP) is 5.37. The number of anilines is 1. The Kier molecular flexibility index (Phi) is 7.48. The van der Waals surface area contributed by atoms with Gasteiger partial charge in [-0.3, -0.25) is 39.5 Å². The molecule has 0 radical (unpaired) electrons. The highest BCUT2D eigenvalue weighted by molar-refractivity contribution is 6.31. The van der Waals surface area contributed by atoms with Gasteiger partial charge in [0.05, 0.1) is 15.8 Å². The van der Waals surface area contributed by atoms with Gasteiger partial charge in [0.15, 0.2) is 5.78 Å². The molecule has 1 N–H and O–H groups in total. The van der Waals surface area contributed by atoms with Gasteiger partial charge < -0.3 is 10.2 Å². The highest BCUT2D eigenvalue weighted by atomic mass is 35.5. The quantitative estimate of drug-likeness (QED) is 0.219. The van der Waals surface area contributed by atoms with E-state index >= 15 is 0 Å². The maximum absolute atomic E-state index is 14.8. The number of carbonyl (C=O) groups excluding carboxylic acids is 3. The van der Waals surface area contributed by atoms with E-state index in [4.69, 9.17) is 11.6 Å². The molecule has 4 aliphatic heterocycles. The van der Waals surface area contributed by atoms with E-state index < -0.39 is 21.3 Å². The molecule has 238 valence electrons. The van der Waals surface area contributed by atoms with E-state index in [2.05, 4.69) is 10.2 Å². The lowest BCUT2D eigenvalue weighted by atomic mass is 9.77. The molecule has 1 spiro atoms. The van der Waals surface area contributed by atoms with Crippen LogP contribution in [-0.4, -0.2) is 62.9 Å². The summed E-state index contributed by atoms with van der Waals surface area (Å²) in [6.07, 6.45) is 5.24. The van der Waals surface area contributed by atoms with Crippen molar-refractivity contribution in [3.63, 3.8) is 0 Å². The number of hydrogen-bond donors (Lipinski definition) is 1. The number of nitrogens with one attached hydrogen (secondary N) is 1. The lowest BCUT2D eigenvalue weighted by Crippen LogP contribution is -2.56. The van der Waals surface area contributed by atoms with E-state index in [1.54, 1.807) is 35.2 Å². The summed E-state index contributed by atoms with van der Waals surface area (Å²) in [5, 5.41) is 26.3. The van der Waals surface area contributed by atoms with Crippen LogP contribution < -0.4 is 5.32 Å². The number of ketones is 1. The van der Waals surface area contributed by atoms with Crippen molar-refractivity contribution in [2.24, 2.45) is 5.92 Å². The molecule has 3 aromatic carbocycles. The molecule has 3 saturated heterocycles. The summed E-state index contributed by atoms with van der Waals surface area (Å²) in [6, 6.07) is 16.9. The Hall–Kier alpha value is -5.20. The summed E-state index contributed by atoms with van der Waals surface area (Å²) in [6.45, 7) is 0.482. The van der Waals surface area contributed by atoms with Gasteiger partial charge >= 0.3 is 0 Å². The van der Waals surface area contributed by atoms with Crippen molar-refractivity contribution in [3.8, 4) is 0 Å². The van der Waals surface area contributed by atoms with Crippen molar-refractivity contribution in [2.75, 3.05) is 25.0 Å². The number of rotatable bonds is 5. The highest BCUT2D eigenvalue weighted by Gasteiger charge is 2.66. The molecule has 47 heavy (non-hydrogen) atoms.